The smallest absolute Gasteiger partial charge is 0.410 e. The van der Waals surface area contributed by atoms with Crippen LogP contribution in [0.4, 0.5) is 4.79 Å². The number of para-hydroxylation sites is 1. The molecule has 1 aromatic heterocycles. The summed E-state index contributed by atoms with van der Waals surface area (Å²) in [7, 11) is 0. The Kier molecular flexibility index (Phi) is 9.62. The molecule has 4 rings (SSSR count). The van der Waals surface area contributed by atoms with Gasteiger partial charge in [-0.05, 0) is 72.6 Å². The second-order valence-electron chi connectivity index (χ2n) is 13.2. The first-order valence-corrected chi connectivity index (χ1v) is 15.2. The molecule has 1 fully saturated rings. The zero-order chi connectivity index (χ0) is 33.2. The van der Waals surface area contributed by atoms with Gasteiger partial charge in [-0.2, -0.15) is 0 Å². The lowest BCUT2D eigenvalue weighted by molar-refractivity contribution is -0.155. The zero-order valence-corrected chi connectivity index (χ0v) is 27.1. The summed E-state index contributed by atoms with van der Waals surface area (Å²) in [6.07, 6.45) is -0.455. The van der Waals surface area contributed by atoms with Crippen molar-refractivity contribution in [2.24, 2.45) is 5.41 Å². The Morgan fingerprint density at radius 3 is 2.16 bits per heavy atom. The van der Waals surface area contributed by atoms with Crippen LogP contribution < -0.4 is 10.9 Å². The molecule has 2 unspecified atom stereocenters. The molecule has 0 radical (unpaired) electrons. The summed E-state index contributed by atoms with van der Waals surface area (Å²) in [5.74, 6) is -1.27. The lowest BCUT2D eigenvalue weighted by Gasteiger charge is -2.32. The number of hydrogen-bond donors (Lipinski definition) is 2. The molecule has 2 heterocycles. The van der Waals surface area contributed by atoms with Crippen LogP contribution in [-0.4, -0.2) is 74.3 Å². The molecule has 1 aliphatic rings. The van der Waals surface area contributed by atoms with Crippen molar-refractivity contribution in [2.45, 2.75) is 78.7 Å². The fourth-order valence-corrected chi connectivity index (χ4v) is 5.78. The molecule has 3 aromatic rings. The third kappa shape index (κ3) is 7.47. The number of ether oxygens (including phenoxy) is 2. The third-order valence-corrected chi connectivity index (χ3v) is 7.71. The highest BCUT2D eigenvalue weighted by Gasteiger charge is 2.56. The summed E-state index contributed by atoms with van der Waals surface area (Å²) in [4.78, 5) is 56.6. The van der Waals surface area contributed by atoms with Crippen LogP contribution in [0.1, 0.15) is 63.2 Å². The van der Waals surface area contributed by atoms with Gasteiger partial charge in [0.25, 0.3) is 11.5 Å². The Hall–Kier alpha value is -4.38. The van der Waals surface area contributed by atoms with E-state index in [4.69, 9.17) is 9.47 Å². The van der Waals surface area contributed by atoms with Crippen molar-refractivity contribution in [2.75, 3.05) is 19.7 Å². The van der Waals surface area contributed by atoms with Gasteiger partial charge in [0, 0.05) is 13.1 Å². The Morgan fingerprint density at radius 1 is 1.00 bits per heavy atom. The quantitative estimate of drug-likeness (QED) is 0.347. The third-order valence-electron chi connectivity index (χ3n) is 7.71. The molecule has 242 valence electrons. The number of nitrogens with zero attached hydrogens (tertiary/aromatic N) is 3. The van der Waals surface area contributed by atoms with E-state index < -0.39 is 46.2 Å². The molecule has 11 nitrogen and oxygen atoms in total. The molecule has 0 saturated carbocycles. The zero-order valence-electron chi connectivity index (χ0n) is 27.1. The Balaban J connectivity index is 1.81. The molecule has 1 saturated heterocycles. The van der Waals surface area contributed by atoms with E-state index in [2.05, 4.69) is 5.32 Å². The van der Waals surface area contributed by atoms with Gasteiger partial charge < -0.3 is 24.8 Å². The highest BCUT2D eigenvalue weighted by atomic mass is 16.6. The monoisotopic (exact) mass is 620 g/mol. The van der Waals surface area contributed by atoms with Crippen molar-refractivity contribution in [3.63, 3.8) is 0 Å². The van der Waals surface area contributed by atoms with Gasteiger partial charge in [0.1, 0.15) is 16.6 Å². The molecular weight excluding hydrogens is 576 g/mol. The van der Waals surface area contributed by atoms with Gasteiger partial charge in [-0.1, -0.05) is 48.5 Å². The first-order valence-electron chi connectivity index (χ1n) is 15.2. The number of rotatable bonds is 9. The first-order chi connectivity index (χ1) is 21.1. The summed E-state index contributed by atoms with van der Waals surface area (Å²) < 4.78 is 14.1. The summed E-state index contributed by atoms with van der Waals surface area (Å²) in [5, 5.41) is 13.6. The Labute approximate surface area is 263 Å². The first kappa shape index (κ1) is 33.5. The SMILES string of the molecule is CCOC(=O)C1(Cc2ccccc2)CN(C(=O)OC(C)(C)C)CC1NC(=O)c1c(C)n(CC(C)(C)O)n(-c2ccccc2)c1=O. The Morgan fingerprint density at radius 2 is 1.60 bits per heavy atom. The van der Waals surface area contributed by atoms with Crippen molar-refractivity contribution in [3.8, 4) is 5.69 Å². The molecule has 45 heavy (non-hydrogen) atoms. The predicted octanol–water partition coefficient (Wildman–Crippen LogP) is 3.86. The minimum absolute atomic E-state index is 0.0346. The summed E-state index contributed by atoms with van der Waals surface area (Å²) in [6.45, 7) is 11.9. The largest absolute Gasteiger partial charge is 0.465 e. The maximum atomic E-state index is 14.1. The van der Waals surface area contributed by atoms with Crippen LogP contribution in [0.3, 0.4) is 0 Å². The number of hydrogen-bond acceptors (Lipinski definition) is 7. The van der Waals surface area contributed by atoms with E-state index in [1.165, 1.54) is 9.58 Å². The molecule has 2 N–H and O–H groups in total. The van der Waals surface area contributed by atoms with Gasteiger partial charge in [-0.25, -0.2) is 9.48 Å². The summed E-state index contributed by atoms with van der Waals surface area (Å²) in [5.41, 5.74) is -2.38. The summed E-state index contributed by atoms with van der Waals surface area (Å²) in [6, 6.07) is 17.2. The highest BCUT2D eigenvalue weighted by molar-refractivity contribution is 5.96. The van der Waals surface area contributed by atoms with E-state index in [1.807, 2.05) is 36.4 Å². The molecule has 11 heteroatoms. The number of benzene rings is 2. The van der Waals surface area contributed by atoms with Gasteiger partial charge in [-0.15, -0.1) is 0 Å². The van der Waals surface area contributed by atoms with E-state index in [9.17, 15) is 24.3 Å². The van der Waals surface area contributed by atoms with Crippen molar-refractivity contribution in [1.82, 2.24) is 19.6 Å². The Bertz CT molecular complexity index is 1580. The maximum Gasteiger partial charge on any atom is 0.410 e. The van der Waals surface area contributed by atoms with Crippen molar-refractivity contribution in [3.05, 3.63) is 87.8 Å². The van der Waals surface area contributed by atoms with Crippen LogP contribution in [0.25, 0.3) is 5.69 Å². The number of amides is 2. The number of carbonyl (C=O) groups is 3. The van der Waals surface area contributed by atoms with Crippen LogP contribution in [0.5, 0.6) is 0 Å². The highest BCUT2D eigenvalue weighted by Crippen LogP contribution is 2.37. The molecule has 1 aliphatic heterocycles. The molecule has 0 spiro atoms. The number of carbonyl (C=O) groups excluding carboxylic acids is 3. The molecule has 0 aliphatic carbocycles. The minimum atomic E-state index is -1.37. The molecular formula is C34H44N4O7. The number of aliphatic hydroxyl groups is 1. The van der Waals surface area contributed by atoms with E-state index in [0.717, 1.165) is 5.56 Å². The average Bonchev–Trinajstić information content (AvgIpc) is 3.42. The predicted molar refractivity (Wildman–Crippen MR) is 169 cm³/mol. The van der Waals surface area contributed by atoms with Gasteiger partial charge in [0.05, 0.1) is 36.2 Å². The molecule has 2 amide bonds. The topological polar surface area (TPSA) is 132 Å². The average molecular weight is 621 g/mol. The number of aromatic nitrogens is 2. The fraction of sp³-hybridized carbons (Fsp3) is 0.471. The lowest BCUT2D eigenvalue weighted by Crippen LogP contribution is -2.53. The van der Waals surface area contributed by atoms with Gasteiger partial charge in [-0.3, -0.25) is 19.1 Å². The van der Waals surface area contributed by atoms with Crippen LogP contribution in [-0.2, 0) is 27.2 Å². The van der Waals surface area contributed by atoms with Crippen LogP contribution in [0.2, 0.25) is 0 Å². The van der Waals surface area contributed by atoms with E-state index in [1.54, 1.807) is 77.4 Å². The molecule has 2 aromatic carbocycles. The summed E-state index contributed by atoms with van der Waals surface area (Å²) >= 11 is 0. The van der Waals surface area contributed by atoms with E-state index in [0.29, 0.717) is 11.4 Å². The van der Waals surface area contributed by atoms with Crippen molar-refractivity contribution < 1.29 is 29.0 Å². The van der Waals surface area contributed by atoms with Crippen LogP contribution >= 0.6 is 0 Å². The van der Waals surface area contributed by atoms with E-state index in [-0.39, 0.29) is 38.2 Å². The second kappa shape index (κ2) is 12.9. The van der Waals surface area contributed by atoms with E-state index >= 15 is 0 Å². The van der Waals surface area contributed by atoms with Gasteiger partial charge in [0.15, 0.2) is 0 Å². The van der Waals surface area contributed by atoms with Gasteiger partial charge >= 0.3 is 12.1 Å². The fourth-order valence-electron chi connectivity index (χ4n) is 5.78. The number of nitrogens with one attached hydrogen (secondary N) is 1. The van der Waals surface area contributed by atoms with Crippen LogP contribution in [0.15, 0.2) is 65.5 Å². The normalized spacial score (nSPS) is 18.5. The standard InChI is InChI=1S/C34H44N4O7/c1-8-44-30(41)34(19-24-15-11-9-12-16-24)22-36(31(42)45-32(3,4)5)20-26(34)35-28(39)27-23(2)37(21-33(6,7)43)38(29(27)40)25-17-13-10-14-18-25/h9-18,26,43H,8,19-22H2,1-7H3,(H,35,39). The van der Waals surface area contributed by atoms with Crippen molar-refractivity contribution >= 4 is 18.0 Å². The number of esters is 1. The molecule has 0 bridgehead atoms. The van der Waals surface area contributed by atoms with Crippen LogP contribution in [0, 0.1) is 12.3 Å². The second-order valence-corrected chi connectivity index (χ2v) is 13.2. The van der Waals surface area contributed by atoms with Crippen molar-refractivity contribution in [1.29, 1.82) is 0 Å². The number of likely N-dealkylation sites (tertiary alicyclic amines) is 1. The maximum absolute atomic E-state index is 14.1. The lowest BCUT2D eigenvalue weighted by atomic mass is 9.77. The van der Waals surface area contributed by atoms with Gasteiger partial charge in [0.2, 0.25) is 0 Å². The molecule has 2 atom stereocenters. The minimum Gasteiger partial charge on any atom is -0.465 e.